The topological polar surface area (TPSA) is 72.8 Å². The second-order valence-corrected chi connectivity index (χ2v) is 5.48. The maximum absolute atomic E-state index is 12.1. The Morgan fingerprint density at radius 1 is 1.12 bits per heavy atom. The van der Waals surface area contributed by atoms with Crippen molar-refractivity contribution in [3.63, 3.8) is 0 Å². The molecule has 0 aliphatic heterocycles. The first kappa shape index (κ1) is 19.9. The zero-order chi connectivity index (χ0) is 17.9. The van der Waals surface area contributed by atoms with Crippen LogP contribution in [-0.2, 0) is 25.5 Å². The van der Waals surface area contributed by atoms with Gasteiger partial charge in [-0.15, -0.1) is 0 Å². The van der Waals surface area contributed by atoms with Crippen molar-refractivity contribution in [1.82, 2.24) is 0 Å². The van der Waals surface area contributed by atoms with Crippen LogP contribution < -0.4 is 0 Å². The average molecular weight is 334 g/mol. The lowest BCUT2D eigenvalue weighted by Gasteiger charge is -2.22. The van der Waals surface area contributed by atoms with Crippen molar-refractivity contribution in [1.29, 1.82) is 0 Å². The number of hydrogen-bond acceptors (Lipinski definition) is 5. The van der Waals surface area contributed by atoms with Crippen LogP contribution in [0.15, 0.2) is 42.5 Å². The molecule has 0 saturated heterocycles. The molecule has 0 heterocycles. The number of aliphatic hydroxyl groups excluding tert-OH is 1. The lowest BCUT2D eigenvalue weighted by Crippen LogP contribution is -2.32. The third-order valence-corrected chi connectivity index (χ3v) is 3.66. The Morgan fingerprint density at radius 2 is 1.75 bits per heavy atom. The Balaban J connectivity index is 2.71. The van der Waals surface area contributed by atoms with Gasteiger partial charge in [0.25, 0.3) is 0 Å². The van der Waals surface area contributed by atoms with Gasteiger partial charge in [0, 0.05) is 5.57 Å². The fourth-order valence-electron chi connectivity index (χ4n) is 2.37. The molecule has 5 heteroatoms. The highest BCUT2D eigenvalue weighted by Gasteiger charge is 2.30. The predicted molar refractivity (Wildman–Crippen MR) is 91.3 cm³/mol. The number of hydrogen-bond donors (Lipinski definition) is 1. The number of carbonyl (C=O) groups excluding carboxylic acids is 2. The molecule has 0 saturated carbocycles. The van der Waals surface area contributed by atoms with Crippen molar-refractivity contribution in [2.75, 3.05) is 13.2 Å². The molecule has 5 nitrogen and oxygen atoms in total. The average Bonchev–Trinajstić information content (AvgIpc) is 2.58. The summed E-state index contributed by atoms with van der Waals surface area (Å²) in [5.41, 5.74) is 1.23. The van der Waals surface area contributed by atoms with Crippen LogP contribution in [0.5, 0.6) is 0 Å². The van der Waals surface area contributed by atoms with Crippen molar-refractivity contribution in [2.45, 2.75) is 39.2 Å². The molecule has 0 aromatic heterocycles. The van der Waals surface area contributed by atoms with E-state index in [1.165, 1.54) is 0 Å². The molecule has 0 spiro atoms. The summed E-state index contributed by atoms with van der Waals surface area (Å²) < 4.78 is 9.91. The van der Waals surface area contributed by atoms with Gasteiger partial charge in [-0.25, -0.2) is 4.79 Å². The van der Waals surface area contributed by atoms with Gasteiger partial charge in [-0.2, -0.15) is 0 Å². The van der Waals surface area contributed by atoms with E-state index in [0.717, 1.165) is 5.56 Å². The zero-order valence-corrected chi connectivity index (χ0v) is 14.4. The quantitative estimate of drug-likeness (QED) is 0.526. The first-order valence-electron chi connectivity index (χ1n) is 8.23. The van der Waals surface area contributed by atoms with E-state index in [1.807, 2.05) is 30.3 Å². The lowest BCUT2D eigenvalue weighted by atomic mass is 9.90. The van der Waals surface area contributed by atoms with Gasteiger partial charge in [-0.05, 0) is 38.7 Å². The summed E-state index contributed by atoms with van der Waals surface area (Å²) in [5, 5.41) is 10.4. The van der Waals surface area contributed by atoms with Crippen molar-refractivity contribution >= 4 is 11.9 Å². The van der Waals surface area contributed by atoms with E-state index < -0.39 is 24.0 Å². The van der Waals surface area contributed by atoms with Crippen LogP contribution in [0.2, 0.25) is 0 Å². The van der Waals surface area contributed by atoms with E-state index in [0.29, 0.717) is 12.8 Å². The van der Waals surface area contributed by atoms with E-state index in [2.05, 4.69) is 6.58 Å². The van der Waals surface area contributed by atoms with E-state index >= 15 is 0 Å². The standard InChI is InChI=1S/C19H26O5/c1-4-23-18(21)14(3)13-16(19(22)24-5-2)17(20)12-11-15-9-7-6-8-10-15/h6-10,16-17,20H,3-5,11-13H2,1-2H3/t16-,17-/m0/s1. The van der Waals surface area contributed by atoms with Gasteiger partial charge in [0.1, 0.15) is 0 Å². The fourth-order valence-corrected chi connectivity index (χ4v) is 2.37. The van der Waals surface area contributed by atoms with Crippen LogP contribution in [0.25, 0.3) is 0 Å². The van der Waals surface area contributed by atoms with E-state index in [9.17, 15) is 14.7 Å². The Morgan fingerprint density at radius 3 is 2.33 bits per heavy atom. The highest BCUT2D eigenvalue weighted by atomic mass is 16.5. The first-order chi connectivity index (χ1) is 11.5. The number of carbonyl (C=O) groups is 2. The predicted octanol–water partition coefficient (Wildman–Crippen LogP) is 2.67. The van der Waals surface area contributed by atoms with Gasteiger partial charge >= 0.3 is 11.9 Å². The molecular weight excluding hydrogens is 308 g/mol. The van der Waals surface area contributed by atoms with Crippen LogP contribution >= 0.6 is 0 Å². The molecule has 1 aromatic carbocycles. The molecular formula is C19H26O5. The molecule has 1 aromatic rings. The molecule has 0 bridgehead atoms. The SMILES string of the molecule is C=C(C[C@H](C(=O)OCC)[C@@H](O)CCc1ccccc1)C(=O)OCC. The van der Waals surface area contributed by atoms with Crippen LogP contribution in [0.3, 0.4) is 0 Å². The Bertz CT molecular complexity index is 538. The summed E-state index contributed by atoms with van der Waals surface area (Å²) in [4.78, 5) is 23.8. The molecule has 1 rings (SSSR count). The van der Waals surface area contributed by atoms with Crippen molar-refractivity contribution in [3.05, 3.63) is 48.0 Å². The van der Waals surface area contributed by atoms with Gasteiger partial charge < -0.3 is 14.6 Å². The second-order valence-electron chi connectivity index (χ2n) is 5.48. The number of benzene rings is 1. The van der Waals surface area contributed by atoms with E-state index in [-0.39, 0.29) is 25.2 Å². The number of aliphatic hydroxyl groups is 1. The molecule has 132 valence electrons. The molecule has 0 radical (unpaired) electrons. The third-order valence-electron chi connectivity index (χ3n) is 3.66. The minimum Gasteiger partial charge on any atom is -0.466 e. The fraction of sp³-hybridized carbons (Fsp3) is 0.474. The highest BCUT2D eigenvalue weighted by molar-refractivity contribution is 5.88. The van der Waals surface area contributed by atoms with Gasteiger partial charge in [-0.1, -0.05) is 36.9 Å². The maximum Gasteiger partial charge on any atom is 0.333 e. The molecule has 0 aliphatic carbocycles. The first-order valence-corrected chi connectivity index (χ1v) is 8.23. The second kappa shape index (κ2) is 10.6. The Hall–Kier alpha value is -2.14. The molecule has 1 N–H and O–H groups in total. The van der Waals surface area contributed by atoms with Crippen LogP contribution in [0, 0.1) is 5.92 Å². The molecule has 0 unspecified atom stereocenters. The monoisotopic (exact) mass is 334 g/mol. The Labute approximate surface area is 143 Å². The number of aryl methyl sites for hydroxylation is 1. The minimum atomic E-state index is -0.921. The largest absolute Gasteiger partial charge is 0.466 e. The smallest absolute Gasteiger partial charge is 0.333 e. The summed E-state index contributed by atoms with van der Waals surface area (Å²) in [6.45, 7) is 7.51. The number of ether oxygens (including phenoxy) is 2. The van der Waals surface area contributed by atoms with Crippen molar-refractivity contribution in [2.24, 2.45) is 5.92 Å². The summed E-state index contributed by atoms with van der Waals surface area (Å²) in [5.74, 6) is -1.91. The lowest BCUT2D eigenvalue weighted by molar-refractivity contribution is -0.152. The van der Waals surface area contributed by atoms with Gasteiger partial charge in [0.2, 0.25) is 0 Å². The molecule has 0 amide bonds. The van der Waals surface area contributed by atoms with Gasteiger partial charge in [0.05, 0.1) is 25.2 Å². The van der Waals surface area contributed by atoms with Crippen LogP contribution in [0.1, 0.15) is 32.3 Å². The summed E-state index contributed by atoms with van der Waals surface area (Å²) >= 11 is 0. The molecule has 2 atom stereocenters. The third kappa shape index (κ3) is 6.54. The van der Waals surface area contributed by atoms with Gasteiger partial charge in [0.15, 0.2) is 0 Å². The van der Waals surface area contributed by atoms with Crippen molar-refractivity contribution in [3.8, 4) is 0 Å². The van der Waals surface area contributed by atoms with E-state index in [4.69, 9.17) is 9.47 Å². The molecule has 24 heavy (non-hydrogen) atoms. The highest BCUT2D eigenvalue weighted by Crippen LogP contribution is 2.21. The maximum atomic E-state index is 12.1. The van der Waals surface area contributed by atoms with E-state index in [1.54, 1.807) is 13.8 Å². The van der Waals surface area contributed by atoms with Gasteiger partial charge in [-0.3, -0.25) is 4.79 Å². The van der Waals surface area contributed by atoms with Crippen LogP contribution in [-0.4, -0.2) is 36.4 Å². The van der Waals surface area contributed by atoms with Crippen LogP contribution in [0.4, 0.5) is 0 Å². The number of rotatable bonds is 10. The zero-order valence-electron chi connectivity index (χ0n) is 14.4. The summed E-state index contributed by atoms with van der Waals surface area (Å²) in [6.07, 6.45) is 0.122. The minimum absolute atomic E-state index is 0.0215. The summed E-state index contributed by atoms with van der Waals surface area (Å²) in [6, 6.07) is 9.69. The van der Waals surface area contributed by atoms with Crippen molar-refractivity contribution < 1.29 is 24.2 Å². The number of esters is 2. The molecule has 0 fully saturated rings. The summed E-state index contributed by atoms with van der Waals surface area (Å²) in [7, 11) is 0. The molecule has 0 aliphatic rings. The Kier molecular flexibility index (Phi) is 8.79. The normalized spacial score (nSPS) is 13.0.